The number of carbonyl (C=O) groups is 1. The molecule has 2 aromatic heterocycles. The van der Waals surface area contributed by atoms with Crippen LogP contribution in [0.25, 0.3) is 11.3 Å². The largest absolute Gasteiger partial charge is 0.497 e. The molecule has 0 aliphatic rings. The number of methoxy groups -OCH3 is 2. The van der Waals surface area contributed by atoms with Crippen molar-refractivity contribution >= 4 is 34.6 Å². The van der Waals surface area contributed by atoms with Gasteiger partial charge in [0.2, 0.25) is 0 Å². The molecule has 0 aliphatic carbocycles. The summed E-state index contributed by atoms with van der Waals surface area (Å²) in [6, 6.07) is 24.5. The van der Waals surface area contributed by atoms with Gasteiger partial charge in [-0.15, -0.1) is 0 Å². The van der Waals surface area contributed by atoms with Crippen LogP contribution in [-0.4, -0.2) is 39.9 Å². The topological polar surface area (TPSA) is 115 Å². The van der Waals surface area contributed by atoms with Gasteiger partial charge in [-0.3, -0.25) is 9.48 Å². The van der Waals surface area contributed by atoms with E-state index in [1.807, 2.05) is 86.6 Å². The van der Waals surface area contributed by atoms with E-state index in [2.05, 4.69) is 31.0 Å². The van der Waals surface area contributed by atoms with E-state index in [4.69, 9.17) is 9.47 Å². The lowest BCUT2D eigenvalue weighted by Gasteiger charge is -2.11. The van der Waals surface area contributed by atoms with Crippen LogP contribution >= 0.6 is 0 Å². The number of hydrogen-bond acceptors (Lipinski definition) is 8. The van der Waals surface area contributed by atoms with Gasteiger partial charge in [0.05, 0.1) is 19.9 Å². The first-order chi connectivity index (χ1) is 19.8. The number of amides is 1. The quantitative estimate of drug-likeness (QED) is 0.198. The zero-order valence-electron chi connectivity index (χ0n) is 23.5. The Kier molecular flexibility index (Phi) is 7.82. The van der Waals surface area contributed by atoms with Gasteiger partial charge >= 0.3 is 0 Å². The minimum absolute atomic E-state index is 0.285. The van der Waals surface area contributed by atoms with Crippen molar-refractivity contribution in [3.8, 4) is 22.8 Å². The predicted octanol–water partition coefficient (Wildman–Crippen LogP) is 6.25. The van der Waals surface area contributed by atoms with Crippen LogP contribution in [-0.2, 0) is 7.05 Å². The van der Waals surface area contributed by atoms with E-state index in [1.165, 1.54) is 5.56 Å². The summed E-state index contributed by atoms with van der Waals surface area (Å²) in [6.45, 7) is 3.89. The molecule has 208 valence electrons. The van der Waals surface area contributed by atoms with Gasteiger partial charge in [-0.2, -0.15) is 5.10 Å². The monoisotopic (exact) mass is 549 g/mol. The third kappa shape index (κ3) is 6.44. The number of carbonyl (C=O) groups excluding carboxylic acids is 1. The number of hydrogen-bond donors (Lipinski definition) is 3. The molecule has 0 bridgehead atoms. The Balaban J connectivity index is 1.27. The molecule has 10 heteroatoms. The van der Waals surface area contributed by atoms with Crippen LogP contribution in [0.3, 0.4) is 0 Å². The Labute approximate surface area is 238 Å². The summed E-state index contributed by atoms with van der Waals surface area (Å²) in [4.78, 5) is 22.1. The van der Waals surface area contributed by atoms with Gasteiger partial charge in [0, 0.05) is 35.7 Å². The second-order valence-electron chi connectivity index (χ2n) is 9.44. The molecule has 0 spiro atoms. The van der Waals surface area contributed by atoms with E-state index in [1.54, 1.807) is 32.0 Å². The van der Waals surface area contributed by atoms with Crippen molar-refractivity contribution in [2.75, 3.05) is 30.2 Å². The van der Waals surface area contributed by atoms with Gasteiger partial charge in [-0.05, 0) is 74.5 Å². The molecule has 10 nitrogen and oxygen atoms in total. The minimum Gasteiger partial charge on any atom is -0.497 e. The Hall–Kier alpha value is -5.38. The molecule has 0 radical (unpaired) electrons. The van der Waals surface area contributed by atoms with Crippen LogP contribution in [0, 0.1) is 13.8 Å². The van der Waals surface area contributed by atoms with Crippen LogP contribution < -0.4 is 25.4 Å². The number of rotatable bonds is 9. The zero-order chi connectivity index (χ0) is 28.9. The first-order valence-electron chi connectivity index (χ1n) is 13.0. The maximum Gasteiger partial charge on any atom is 0.273 e. The van der Waals surface area contributed by atoms with Gasteiger partial charge in [-0.25, -0.2) is 9.97 Å². The summed E-state index contributed by atoms with van der Waals surface area (Å²) in [7, 11) is 4.91. The molecule has 5 aromatic rings. The molecule has 0 unspecified atom stereocenters. The van der Waals surface area contributed by atoms with Crippen molar-refractivity contribution < 1.29 is 14.3 Å². The molecule has 0 fully saturated rings. The lowest BCUT2D eigenvalue weighted by atomic mass is 10.1. The van der Waals surface area contributed by atoms with E-state index in [0.717, 1.165) is 16.9 Å². The number of ether oxygens (including phenoxy) is 2. The van der Waals surface area contributed by atoms with E-state index in [-0.39, 0.29) is 5.91 Å². The summed E-state index contributed by atoms with van der Waals surface area (Å²) in [5, 5.41) is 14.1. The highest BCUT2D eigenvalue weighted by Gasteiger charge is 2.18. The Morgan fingerprint density at radius 3 is 1.98 bits per heavy atom. The van der Waals surface area contributed by atoms with Crippen molar-refractivity contribution in [3.05, 3.63) is 95.9 Å². The van der Waals surface area contributed by atoms with Crippen LogP contribution in [0.4, 0.5) is 28.7 Å². The molecule has 0 atom stereocenters. The van der Waals surface area contributed by atoms with E-state index in [0.29, 0.717) is 46.0 Å². The average Bonchev–Trinajstić information content (AvgIpc) is 3.36. The molecule has 0 saturated heterocycles. The maximum absolute atomic E-state index is 13.1. The molecule has 3 aromatic carbocycles. The Morgan fingerprint density at radius 2 is 1.37 bits per heavy atom. The molecular formula is C31H31N7O3. The van der Waals surface area contributed by atoms with Crippen molar-refractivity contribution in [1.29, 1.82) is 0 Å². The Morgan fingerprint density at radius 1 is 0.756 bits per heavy atom. The highest BCUT2D eigenvalue weighted by molar-refractivity contribution is 6.03. The van der Waals surface area contributed by atoms with Crippen LogP contribution in [0.1, 0.15) is 21.9 Å². The van der Waals surface area contributed by atoms with E-state index < -0.39 is 0 Å². The third-order valence-corrected chi connectivity index (χ3v) is 6.37. The number of benzene rings is 3. The Bertz CT molecular complexity index is 1680. The standard InChI is InChI=1S/C31H31N7O3/c1-19-6-8-21(9-7-19)34-29-18-30(33-20(2)32-29)35-22-10-12-23(13-11-22)36-31(39)27-17-26(37-38(27)3)25-16-24(40-4)14-15-28(25)41-5/h6-18H,1-5H3,(H,36,39)(H2,32,33,34,35). The molecule has 0 saturated carbocycles. The number of nitrogens with one attached hydrogen (secondary N) is 3. The first kappa shape index (κ1) is 27.2. The van der Waals surface area contributed by atoms with Crippen molar-refractivity contribution in [2.45, 2.75) is 13.8 Å². The summed E-state index contributed by atoms with van der Waals surface area (Å²) >= 11 is 0. The molecule has 2 heterocycles. The SMILES string of the molecule is COc1ccc(OC)c(-c2cc(C(=O)Nc3ccc(Nc4cc(Nc5ccc(C)cc5)nc(C)n4)cc3)n(C)n2)c1. The summed E-state index contributed by atoms with van der Waals surface area (Å²) < 4.78 is 12.4. The van der Waals surface area contributed by atoms with Gasteiger partial charge < -0.3 is 25.4 Å². The van der Waals surface area contributed by atoms with Crippen molar-refractivity contribution in [3.63, 3.8) is 0 Å². The lowest BCUT2D eigenvalue weighted by molar-refractivity contribution is 0.101. The van der Waals surface area contributed by atoms with Crippen LogP contribution in [0.2, 0.25) is 0 Å². The first-order valence-corrected chi connectivity index (χ1v) is 13.0. The summed E-state index contributed by atoms with van der Waals surface area (Å²) in [6.07, 6.45) is 0. The fraction of sp³-hybridized carbons (Fsp3) is 0.161. The molecule has 3 N–H and O–H groups in total. The normalized spacial score (nSPS) is 10.7. The highest BCUT2D eigenvalue weighted by Crippen LogP contribution is 2.33. The molecule has 1 amide bonds. The predicted molar refractivity (Wildman–Crippen MR) is 161 cm³/mol. The fourth-order valence-corrected chi connectivity index (χ4v) is 4.29. The second-order valence-corrected chi connectivity index (χ2v) is 9.44. The maximum atomic E-state index is 13.1. The zero-order valence-corrected chi connectivity index (χ0v) is 23.5. The molecule has 5 rings (SSSR count). The lowest BCUT2D eigenvalue weighted by Crippen LogP contribution is -2.16. The van der Waals surface area contributed by atoms with Gasteiger partial charge in [0.1, 0.15) is 34.7 Å². The molecule has 0 aliphatic heterocycles. The third-order valence-electron chi connectivity index (χ3n) is 6.37. The number of nitrogens with zero attached hydrogens (tertiary/aromatic N) is 4. The summed E-state index contributed by atoms with van der Waals surface area (Å²) in [5.74, 6) is 3.00. The number of aromatic nitrogens is 4. The van der Waals surface area contributed by atoms with Crippen LogP contribution in [0.5, 0.6) is 11.5 Å². The fourth-order valence-electron chi connectivity index (χ4n) is 4.29. The number of aryl methyl sites for hydroxylation is 3. The average molecular weight is 550 g/mol. The minimum atomic E-state index is -0.285. The second kappa shape index (κ2) is 11.8. The number of anilines is 5. The van der Waals surface area contributed by atoms with Crippen LogP contribution in [0.15, 0.2) is 78.9 Å². The summed E-state index contributed by atoms with van der Waals surface area (Å²) in [5.41, 5.74) is 5.33. The van der Waals surface area contributed by atoms with Crippen molar-refractivity contribution in [1.82, 2.24) is 19.7 Å². The van der Waals surface area contributed by atoms with E-state index >= 15 is 0 Å². The van der Waals surface area contributed by atoms with Gasteiger partial charge in [-0.1, -0.05) is 17.7 Å². The van der Waals surface area contributed by atoms with E-state index in [9.17, 15) is 4.79 Å². The smallest absolute Gasteiger partial charge is 0.273 e. The highest BCUT2D eigenvalue weighted by atomic mass is 16.5. The van der Waals surface area contributed by atoms with Gasteiger partial charge in [0.25, 0.3) is 5.91 Å². The van der Waals surface area contributed by atoms with Gasteiger partial charge in [0.15, 0.2) is 0 Å². The molecule has 41 heavy (non-hydrogen) atoms. The van der Waals surface area contributed by atoms with Crippen molar-refractivity contribution in [2.24, 2.45) is 7.05 Å². The molecular weight excluding hydrogens is 518 g/mol.